The molecule has 3 nitrogen and oxygen atoms in total. The van der Waals surface area contributed by atoms with Crippen molar-refractivity contribution in [3.8, 4) is 0 Å². The second kappa shape index (κ2) is 8.61. The topological polar surface area (TPSA) is 49.3 Å². The first-order valence-electron chi connectivity index (χ1n) is 11.0. The standard InChI is InChI=1S/C27H31NO2/c1-17-15-18(2)25(24(29)16-17)26-22-12-8-7-11-21(22)13-14-23(26)27(30)28-19(3)20-9-5-4-6-10-20/h4-14,17-19,24-25,29H,15-16H2,1-3H3,(H,28,30)/t17-,18+,19-,24?,25?/m1/s1. The van der Waals surface area contributed by atoms with E-state index in [1.807, 2.05) is 61.5 Å². The number of hydrogen-bond donors (Lipinski definition) is 2. The fraction of sp³-hybridized carbons (Fsp3) is 0.370. The van der Waals surface area contributed by atoms with Gasteiger partial charge in [0.05, 0.1) is 12.1 Å². The summed E-state index contributed by atoms with van der Waals surface area (Å²) in [7, 11) is 0. The molecule has 2 unspecified atom stereocenters. The zero-order chi connectivity index (χ0) is 21.3. The molecule has 0 aliphatic heterocycles. The summed E-state index contributed by atoms with van der Waals surface area (Å²) in [6, 6.07) is 22.1. The lowest BCUT2D eigenvalue weighted by molar-refractivity contribution is 0.0546. The number of amides is 1. The van der Waals surface area contributed by atoms with E-state index in [0.717, 1.165) is 34.7 Å². The van der Waals surface area contributed by atoms with Crippen LogP contribution in [0.15, 0.2) is 66.7 Å². The van der Waals surface area contributed by atoms with E-state index < -0.39 is 6.10 Å². The Morgan fingerprint density at radius 3 is 2.40 bits per heavy atom. The van der Waals surface area contributed by atoms with Crippen LogP contribution in [0.1, 0.15) is 67.1 Å². The van der Waals surface area contributed by atoms with E-state index in [-0.39, 0.29) is 17.9 Å². The molecule has 1 saturated carbocycles. The molecule has 4 rings (SSSR count). The Labute approximate surface area is 179 Å². The van der Waals surface area contributed by atoms with E-state index in [2.05, 4.69) is 31.3 Å². The molecule has 1 aliphatic carbocycles. The number of aliphatic hydroxyl groups excluding tert-OH is 1. The molecule has 1 aliphatic rings. The minimum Gasteiger partial charge on any atom is -0.392 e. The van der Waals surface area contributed by atoms with Crippen molar-refractivity contribution in [3.63, 3.8) is 0 Å². The van der Waals surface area contributed by atoms with E-state index in [4.69, 9.17) is 0 Å². The van der Waals surface area contributed by atoms with Gasteiger partial charge in [-0.05, 0) is 59.6 Å². The van der Waals surface area contributed by atoms with Gasteiger partial charge in [0.25, 0.3) is 5.91 Å². The van der Waals surface area contributed by atoms with Crippen molar-refractivity contribution in [2.75, 3.05) is 0 Å². The lowest BCUT2D eigenvalue weighted by Gasteiger charge is -2.38. The third kappa shape index (κ3) is 3.99. The minimum atomic E-state index is -0.437. The van der Waals surface area contributed by atoms with Crippen molar-refractivity contribution in [1.29, 1.82) is 0 Å². The van der Waals surface area contributed by atoms with Crippen LogP contribution in [-0.4, -0.2) is 17.1 Å². The highest BCUT2D eigenvalue weighted by atomic mass is 16.3. The highest BCUT2D eigenvalue weighted by molar-refractivity contribution is 6.02. The van der Waals surface area contributed by atoms with Crippen molar-refractivity contribution >= 4 is 16.7 Å². The minimum absolute atomic E-state index is 0.0416. The number of benzene rings is 3. The van der Waals surface area contributed by atoms with E-state index in [0.29, 0.717) is 17.4 Å². The SMILES string of the molecule is C[C@H]1CC(O)C(c2c(C(=O)N[C@H](C)c3ccccc3)ccc3ccccc23)[C@@H](C)C1. The van der Waals surface area contributed by atoms with Crippen molar-refractivity contribution in [2.45, 2.75) is 51.7 Å². The van der Waals surface area contributed by atoms with Gasteiger partial charge in [-0.1, -0.05) is 74.5 Å². The number of nitrogens with one attached hydrogen (secondary N) is 1. The van der Waals surface area contributed by atoms with Crippen LogP contribution >= 0.6 is 0 Å². The number of aliphatic hydroxyl groups is 1. The predicted molar refractivity (Wildman–Crippen MR) is 123 cm³/mol. The van der Waals surface area contributed by atoms with E-state index in [1.165, 1.54) is 0 Å². The maximum atomic E-state index is 13.4. The van der Waals surface area contributed by atoms with E-state index >= 15 is 0 Å². The predicted octanol–water partition coefficient (Wildman–Crippen LogP) is 5.84. The fourth-order valence-corrected chi connectivity index (χ4v) is 5.24. The molecule has 0 bridgehead atoms. The second-order valence-corrected chi connectivity index (χ2v) is 9.00. The second-order valence-electron chi connectivity index (χ2n) is 9.00. The first-order valence-corrected chi connectivity index (χ1v) is 11.0. The third-order valence-corrected chi connectivity index (χ3v) is 6.64. The monoisotopic (exact) mass is 401 g/mol. The molecule has 0 radical (unpaired) electrons. The summed E-state index contributed by atoms with van der Waals surface area (Å²) in [5.74, 6) is 0.689. The summed E-state index contributed by atoms with van der Waals surface area (Å²) in [5.41, 5.74) is 2.76. The molecule has 156 valence electrons. The number of fused-ring (bicyclic) bond motifs is 1. The van der Waals surface area contributed by atoms with Gasteiger partial charge >= 0.3 is 0 Å². The summed E-state index contributed by atoms with van der Waals surface area (Å²) in [6.45, 7) is 6.42. The van der Waals surface area contributed by atoms with E-state index in [1.54, 1.807) is 0 Å². The maximum Gasteiger partial charge on any atom is 0.252 e. The maximum absolute atomic E-state index is 13.4. The number of carbonyl (C=O) groups excluding carboxylic acids is 1. The van der Waals surface area contributed by atoms with Gasteiger partial charge in [0.2, 0.25) is 0 Å². The lowest BCUT2D eigenvalue weighted by Crippen LogP contribution is -2.35. The van der Waals surface area contributed by atoms with Gasteiger partial charge in [0, 0.05) is 11.5 Å². The quantitative estimate of drug-likeness (QED) is 0.577. The molecule has 5 atom stereocenters. The van der Waals surface area contributed by atoms with Crippen LogP contribution < -0.4 is 5.32 Å². The molecule has 3 heteroatoms. The molecule has 0 aromatic heterocycles. The van der Waals surface area contributed by atoms with Crippen molar-refractivity contribution in [1.82, 2.24) is 5.32 Å². The first-order chi connectivity index (χ1) is 14.5. The summed E-state index contributed by atoms with van der Waals surface area (Å²) < 4.78 is 0. The largest absolute Gasteiger partial charge is 0.392 e. The molecule has 0 spiro atoms. The number of hydrogen-bond acceptors (Lipinski definition) is 2. The summed E-state index contributed by atoms with van der Waals surface area (Å²) in [4.78, 5) is 13.4. The summed E-state index contributed by atoms with van der Waals surface area (Å²) in [6.07, 6.45) is 1.40. The van der Waals surface area contributed by atoms with Crippen LogP contribution in [0.3, 0.4) is 0 Å². The molecular formula is C27H31NO2. The first kappa shape index (κ1) is 20.6. The molecule has 30 heavy (non-hydrogen) atoms. The number of carbonyl (C=O) groups is 1. The Bertz CT molecular complexity index is 1020. The zero-order valence-corrected chi connectivity index (χ0v) is 18.0. The Hall–Kier alpha value is -2.65. The Morgan fingerprint density at radius 1 is 0.967 bits per heavy atom. The van der Waals surface area contributed by atoms with E-state index in [9.17, 15) is 9.90 Å². The van der Waals surface area contributed by atoms with Crippen LogP contribution in [-0.2, 0) is 0 Å². The normalized spacial score (nSPS) is 25.1. The van der Waals surface area contributed by atoms with Crippen LogP contribution in [0, 0.1) is 11.8 Å². The van der Waals surface area contributed by atoms with Crippen LogP contribution in [0.2, 0.25) is 0 Å². The summed E-state index contributed by atoms with van der Waals surface area (Å²) in [5, 5.41) is 16.4. The van der Waals surface area contributed by atoms with Crippen LogP contribution in [0.25, 0.3) is 10.8 Å². The van der Waals surface area contributed by atoms with Gasteiger partial charge in [0.15, 0.2) is 0 Å². The average molecular weight is 402 g/mol. The fourth-order valence-electron chi connectivity index (χ4n) is 5.24. The molecule has 3 aromatic carbocycles. The Morgan fingerprint density at radius 2 is 1.67 bits per heavy atom. The molecule has 1 fully saturated rings. The third-order valence-electron chi connectivity index (χ3n) is 6.64. The molecule has 1 amide bonds. The highest BCUT2D eigenvalue weighted by Crippen LogP contribution is 2.44. The molecule has 3 aromatic rings. The smallest absolute Gasteiger partial charge is 0.252 e. The van der Waals surface area contributed by atoms with Crippen LogP contribution in [0.5, 0.6) is 0 Å². The van der Waals surface area contributed by atoms with Gasteiger partial charge in [0.1, 0.15) is 0 Å². The Kier molecular flexibility index (Phi) is 5.92. The van der Waals surface area contributed by atoms with Gasteiger partial charge in [-0.25, -0.2) is 0 Å². The van der Waals surface area contributed by atoms with Gasteiger partial charge in [-0.3, -0.25) is 4.79 Å². The average Bonchev–Trinajstić information content (AvgIpc) is 2.73. The van der Waals surface area contributed by atoms with Gasteiger partial charge in [-0.15, -0.1) is 0 Å². The highest BCUT2D eigenvalue weighted by Gasteiger charge is 2.37. The van der Waals surface area contributed by atoms with Gasteiger partial charge < -0.3 is 10.4 Å². The Balaban J connectivity index is 1.76. The molecule has 0 saturated heterocycles. The van der Waals surface area contributed by atoms with Crippen LogP contribution in [0.4, 0.5) is 0 Å². The lowest BCUT2D eigenvalue weighted by atomic mass is 9.69. The van der Waals surface area contributed by atoms with Crippen molar-refractivity contribution in [2.24, 2.45) is 11.8 Å². The molecular weight excluding hydrogens is 370 g/mol. The van der Waals surface area contributed by atoms with Crippen molar-refractivity contribution in [3.05, 3.63) is 83.4 Å². The summed E-state index contributed by atoms with van der Waals surface area (Å²) >= 11 is 0. The molecule has 0 heterocycles. The number of rotatable bonds is 4. The zero-order valence-electron chi connectivity index (χ0n) is 18.0. The van der Waals surface area contributed by atoms with Crippen molar-refractivity contribution < 1.29 is 9.90 Å². The van der Waals surface area contributed by atoms with Gasteiger partial charge in [-0.2, -0.15) is 0 Å². The molecule has 2 N–H and O–H groups in total.